The van der Waals surface area contributed by atoms with Crippen molar-refractivity contribution in [2.24, 2.45) is 0 Å². The van der Waals surface area contributed by atoms with Crippen molar-refractivity contribution in [3.63, 3.8) is 0 Å². The molecule has 0 bridgehead atoms. The number of nitrogens with one attached hydrogen (secondary N) is 4. The van der Waals surface area contributed by atoms with Crippen molar-refractivity contribution in [2.75, 3.05) is 0 Å². The molecule has 8 nitrogen and oxygen atoms in total. The fourth-order valence-electron chi connectivity index (χ4n) is 1.26. The summed E-state index contributed by atoms with van der Waals surface area (Å²) >= 11 is 0. The Bertz CT molecular complexity index is 393. The third-order valence-electron chi connectivity index (χ3n) is 2.44. The molecule has 0 aliphatic carbocycles. The van der Waals surface area contributed by atoms with Gasteiger partial charge in [0.1, 0.15) is 11.1 Å². The van der Waals surface area contributed by atoms with E-state index in [2.05, 4.69) is 21.3 Å². The van der Waals surface area contributed by atoms with Gasteiger partial charge in [-0.15, -0.1) is 0 Å². The van der Waals surface area contributed by atoms with Crippen LogP contribution in [0.2, 0.25) is 0 Å². The van der Waals surface area contributed by atoms with Crippen molar-refractivity contribution in [2.45, 2.75) is 38.8 Å². The van der Waals surface area contributed by atoms with E-state index in [9.17, 15) is 19.2 Å². The van der Waals surface area contributed by atoms with Gasteiger partial charge in [0.15, 0.2) is 0 Å². The Morgan fingerprint density at radius 2 is 0.947 bits per heavy atom. The molecule has 0 saturated carbocycles. The Morgan fingerprint density at radius 3 is 1.00 bits per heavy atom. The van der Waals surface area contributed by atoms with E-state index in [-0.39, 0.29) is 34.2 Å². The minimum atomic E-state index is -0.725. The summed E-state index contributed by atoms with van der Waals surface area (Å²) in [7, 11) is 0. The summed E-state index contributed by atoms with van der Waals surface area (Å²) < 4.78 is 0. The van der Waals surface area contributed by atoms with Gasteiger partial charge >= 0.3 is 12.1 Å². The zero-order valence-corrected chi connectivity index (χ0v) is 12.4. The van der Waals surface area contributed by atoms with Crippen LogP contribution in [0.25, 0.3) is 0 Å². The maximum absolute atomic E-state index is 10.7. The molecule has 9 heteroatoms. The first kappa shape index (κ1) is 17.6. The molecule has 2 rings (SSSR count). The molecule has 2 aliphatic heterocycles. The number of urea groups is 2. The average molecular weight is 364 g/mol. The maximum atomic E-state index is 10.7. The minimum absolute atomic E-state index is 0. The van der Waals surface area contributed by atoms with Gasteiger partial charge < -0.3 is 10.6 Å². The van der Waals surface area contributed by atoms with E-state index in [1.54, 1.807) is 27.7 Å². The molecule has 2 aliphatic rings. The summed E-state index contributed by atoms with van der Waals surface area (Å²) in [6.45, 7) is 6.58. The van der Waals surface area contributed by atoms with Crippen molar-refractivity contribution in [1.82, 2.24) is 21.3 Å². The molecular formula is C10H16AgN4O4. The van der Waals surface area contributed by atoms with Crippen molar-refractivity contribution in [3.05, 3.63) is 0 Å². The summed E-state index contributed by atoms with van der Waals surface area (Å²) in [6.07, 6.45) is 0. The van der Waals surface area contributed by atoms with Crippen LogP contribution in [0.5, 0.6) is 0 Å². The molecule has 0 atom stereocenters. The molecule has 0 aromatic heterocycles. The molecule has 111 valence electrons. The second-order valence-electron chi connectivity index (χ2n) is 5.07. The van der Waals surface area contributed by atoms with E-state index in [4.69, 9.17) is 0 Å². The van der Waals surface area contributed by atoms with Crippen LogP contribution < -0.4 is 21.3 Å². The predicted molar refractivity (Wildman–Crippen MR) is 61.5 cm³/mol. The van der Waals surface area contributed by atoms with Gasteiger partial charge in [-0.05, 0) is 27.7 Å². The number of carbonyl (C=O) groups excluding carboxylic acids is 4. The first-order valence-corrected chi connectivity index (χ1v) is 5.32. The van der Waals surface area contributed by atoms with Gasteiger partial charge in [-0.1, -0.05) is 0 Å². The number of imide groups is 2. The fraction of sp³-hybridized carbons (Fsp3) is 0.600. The van der Waals surface area contributed by atoms with Crippen LogP contribution in [0.4, 0.5) is 9.59 Å². The van der Waals surface area contributed by atoms with Crippen LogP contribution in [0.15, 0.2) is 0 Å². The summed E-state index contributed by atoms with van der Waals surface area (Å²) in [5.74, 6) is -0.542. The summed E-state index contributed by atoms with van der Waals surface area (Å²) in [6, 6.07) is -0.824. The monoisotopic (exact) mass is 363 g/mol. The minimum Gasteiger partial charge on any atom is -0.324 e. The molecule has 4 N–H and O–H groups in total. The fourth-order valence-corrected chi connectivity index (χ4v) is 1.26. The quantitative estimate of drug-likeness (QED) is 0.333. The van der Waals surface area contributed by atoms with Crippen molar-refractivity contribution in [1.29, 1.82) is 0 Å². The van der Waals surface area contributed by atoms with Crippen molar-refractivity contribution >= 4 is 23.9 Å². The first-order valence-electron chi connectivity index (χ1n) is 5.32. The van der Waals surface area contributed by atoms with E-state index in [0.29, 0.717) is 0 Å². The largest absolute Gasteiger partial charge is 0.324 e. The SMILES string of the molecule is CC1(C)NC(=O)NC1=O.CC1(C)NC(=O)NC1=O.[Ag]. The van der Waals surface area contributed by atoms with Gasteiger partial charge in [0.05, 0.1) is 0 Å². The predicted octanol–water partition coefficient (Wildman–Crippen LogP) is -0.794. The standard InChI is InChI=1S/2C5H8N2O2.Ag/c2*1-5(2)3(8)6-4(9)7-5;/h2*1-2H3,(H2,6,7,8,9);. The van der Waals surface area contributed by atoms with Gasteiger partial charge in [0, 0.05) is 22.4 Å². The van der Waals surface area contributed by atoms with E-state index in [1.807, 2.05) is 0 Å². The number of amides is 6. The van der Waals surface area contributed by atoms with Crippen LogP contribution in [0.1, 0.15) is 27.7 Å². The molecule has 0 aromatic carbocycles. The van der Waals surface area contributed by atoms with Gasteiger partial charge in [-0.2, -0.15) is 0 Å². The second kappa shape index (κ2) is 5.72. The molecule has 0 aromatic rings. The van der Waals surface area contributed by atoms with Gasteiger partial charge in [-0.25, -0.2) is 9.59 Å². The smallest absolute Gasteiger partial charge is 0.322 e. The third kappa shape index (κ3) is 4.34. The molecule has 0 spiro atoms. The van der Waals surface area contributed by atoms with Crippen LogP contribution in [-0.4, -0.2) is 35.0 Å². The van der Waals surface area contributed by atoms with E-state index < -0.39 is 23.1 Å². The zero-order chi connectivity index (χ0) is 14.1. The summed E-state index contributed by atoms with van der Waals surface area (Å²) in [5, 5.41) is 9.12. The zero-order valence-electron chi connectivity index (χ0n) is 10.9. The normalized spacial score (nSPS) is 22.1. The average Bonchev–Trinajstić information content (AvgIpc) is 2.50. The number of carbonyl (C=O) groups is 4. The van der Waals surface area contributed by atoms with Gasteiger partial charge in [-0.3, -0.25) is 20.2 Å². The van der Waals surface area contributed by atoms with Crippen LogP contribution in [0, 0.1) is 0 Å². The Hall–Kier alpha value is -1.38. The Balaban J connectivity index is 0.000000324. The molecule has 19 heavy (non-hydrogen) atoms. The number of hydrogen-bond donors (Lipinski definition) is 4. The molecule has 2 heterocycles. The second-order valence-corrected chi connectivity index (χ2v) is 5.07. The molecule has 0 unspecified atom stereocenters. The molecule has 2 fully saturated rings. The first-order chi connectivity index (χ1) is 8.04. The van der Waals surface area contributed by atoms with Gasteiger partial charge in [0.2, 0.25) is 0 Å². The Kier molecular flexibility index (Phi) is 5.31. The maximum Gasteiger partial charge on any atom is 0.322 e. The summed E-state index contributed by atoms with van der Waals surface area (Å²) in [5.41, 5.74) is -1.45. The summed E-state index contributed by atoms with van der Waals surface area (Å²) in [4.78, 5) is 42.3. The van der Waals surface area contributed by atoms with Crippen LogP contribution in [-0.2, 0) is 32.0 Å². The van der Waals surface area contributed by atoms with Crippen LogP contribution in [0.3, 0.4) is 0 Å². The topological polar surface area (TPSA) is 116 Å². The van der Waals surface area contributed by atoms with Crippen LogP contribution >= 0.6 is 0 Å². The van der Waals surface area contributed by atoms with E-state index in [0.717, 1.165) is 0 Å². The Labute approximate surface area is 125 Å². The molecule has 2 saturated heterocycles. The Morgan fingerprint density at radius 1 is 0.684 bits per heavy atom. The van der Waals surface area contributed by atoms with Gasteiger partial charge in [0.25, 0.3) is 11.8 Å². The van der Waals surface area contributed by atoms with E-state index in [1.165, 1.54) is 0 Å². The van der Waals surface area contributed by atoms with Crippen molar-refractivity contribution in [3.8, 4) is 0 Å². The molecular weight excluding hydrogens is 348 g/mol. The molecule has 6 amide bonds. The van der Waals surface area contributed by atoms with E-state index >= 15 is 0 Å². The third-order valence-corrected chi connectivity index (χ3v) is 2.44. The van der Waals surface area contributed by atoms with Crippen molar-refractivity contribution < 1.29 is 41.6 Å². The number of rotatable bonds is 0. The molecule has 1 radical (unpaired) electrons. The number of hydrogen-bond acceptors (Lipinski definition) is 4.